The lowest BCUT2D eigenvalue weighted by molar-refractivity contribution is -0.121. The Balaban J connectivity index is 2.63. The summed E-state index contributed by atoms with van der Waals surface area (Å²) in [6.07, 6.45) is 1.82. The number of nitrogens with two attached hydrogens (primary N) is 1. The fourth-order valence-corrected chi connectivity index (χ4v) is 1.81. The third-order valence-corrected chi connectivity index (χ3v) is 2.67. The van der Waals surface area contributed by atoms with Gasteiger partial charge >= 0.3 is 0 Å². The number of primary amides is 1. The van der Waals surface area contributed by atoms with Crippen molar-refractivity contribution in [2.75, 3.05) is 0 Å². The van der Waals surface area contributed by atoms with E-state index in [0.717, 1.165) is 12.1 Å². The summed E-state index contributed by atoms with van der Waals surface area (Å²) in [5.41, 5.74) is 5.89. The monoisotopic (exact) mass is 239 g/mol. The van der Waals surface area contributed by atoms with Gasteiger partial charge in [-0.25, -0.2) is 13.8 Å². The molecule has 1 amide bonds. The van der Waals surface area contributed by atoms with Gasteiger partial charge in [-0.2, -0.15) is 0 Å². The molecular formula is C11H11F2N3O. The Morgan fingerprint density at radius 1 is 1.47 bits per heavy atom. The van der Waals surface area contributed by atoms with Crippen LogP contribution in [0, 0.1) is 11.6 Å². The first-order valence-electron chi connectivity index (χ1n) is 5.15. The van der Waals surface area contributed by atoms with E-state index in [-0.39, 0.29) is 0 Å². The van der Waals surface area contributed by atoms with Gasteiger partial charge in [0.15, 0.2) is 11.6 Å². The van der Waals surface area contributed by atoms with Crippen molar-refractivity contribution in [3.05, 3.63) is 30.1 Å². The lowest BCUT2D eigenvalue weighted by Gasteiger charge is -2.13. The predicted molar refractivity (Wildman–Crippen MR) is 58.2 cm³/mol. The molecule has 1 aromatic carbocycles. The average molecular weight is 239 g/mol. The van der Waals surface area contributed by atoms with Crippen molar-refractivity contribution in [1.82, 2.24) is 9.55 Å². The third-order valence-electron chi connectivity index (χ3n) is 2.67. The number of carbonyl (C=O) groups is 1. The summed E-state index contributed by atoms with van der Waals surface area (Å²) < 4.78 is 27.6. The predicted octanol–water partition coefficient (Wildman–Crippen LogP) is 1.75. The molecule has 0 spiro atoms. The van der Waals surface area contributed by atoms with Crippen LogP contribution in [0.3, 0.4) is 0 Å². The summed E-state index contributed by atoms with van der Waals surface area (Å²) in [6, 6.07) is 1.41. The molecule has 1 heterocycles. The number of carbonyl (C=O) groups excluding carboxylic acids is 1. The second-order valence-electron chi connectivity index (χ2n) is 3.73. The van der Waals surface area contributed by atoms with E-state index in [4.69, 9.17) is 5.73 Å². The molecule has 0 aliphatic carbocycles. The van der Waals surface area contributed by atoms with Gasteiger partial charge in [0, 0.05) is 12.1 Å². The SMILES string of the molecule is CCC(C(N)=O)n1cnc2cc(F)c(F)cc21. The highest BCUT2D eigenvalue weighted by atomic mass is 19.2. The number of amides is 1. The van der Waals surface area contributed by atoms with E-state index in [0.29, 0.717) is 17.5 Å². The molecular weight excluding hydrogens is 228 g/mol. The van der Waals surface area contributed by atoms with Crippen LogP contribution in [0.1, 0.15) is 19.4 Å². The van der Waals surface area contributed by atoms with Crippen LogP contribution in [0.25, 0.3) is 11.0 Å². The first-order chi connectivity index (χ1) is 8.04. The minimum absolute atomic E-state index is 0.295. The van der Waals surface area contributed by atoms with Crippen molar-refractivity contribution in [2.45, 2.75) is 19.4 Å². The lowest BCUT2D eigenvalue weighted by atomic mass is 10.2. The number of aromatic nitrogens is 2. The Morgan fingerprint density at radius 3 is 2.71 bits per heavy atom. The molecule has 6 heteroatoms. The molecule has 1 aromatic heterocycles. The second-order valence-corrected chi connectivity index (χ2v) is 3.73. The zero-order valence-electron chi connectivity index (χ0n) is 9.15. The first-order valence-corrected chi connectivity index (χ1v) is 5.15. The second kappa shape index (κ2) is 4.12. The van der Waals surface area contributed by atoms with E-state index in [2.05, 4.69) is 4.98 Å². The molecule has 0 fully saturated rings. The average Bonchev–Trinajstić information content (AvgIpc) is 2.63. The van der Waals surface area contributed by atoms with Gasteiger partial charge in [-0.3, -0.25) is 4.79 Å². The minimum atomic E-state index is -0.974. The van der Waals surface area contributed by atoms with E-state index in [1.165, 1.54) is 10.9 Å². The molecule has 2 rings (SSSR count). The Labute approximate surface area is 96.0 Å². The van der Waals surface area contributed by atoms with Crippen molar-refractivity contribution < 1.29 is 13.6 Å². The lowest BCUT2D eigenvalue weighted by Crippen LogP contribution is -2.25. The molecule has 0 aliphatic heterocycles. The zero-order valence-corrected chi connectivity index (χ0v) is 9.15. The molecule has 1 unspecified atom stereocenters. The molecule has 0 saturated carbocycles. The number of nitrogens with zero attached hydrogens (tertiary/aromatic N) is 2. The third kappa shape index (κ3) is 1.86. The largest absolute Gasteiger partial charge is 0.368 e. The molecule has 0 aliphatic rings. The number of hydrogen-bond acceptors (Lipinski definition) is 2. The summed E-state index contributed by atoms with van der Waals surface area (Å²) in [5, 5.41) is 0. The van der Waals surface area contributed by atoms with Crippen LogP contribution in [0.15, 0.2) is 18.5 Å². The van der Waals surface area contributed by atoms with Gasteiger partial charge in [-0.05, 0) is 6.42 Å². The number of hydrogen-bond donors (Lipinski definition) is 1. The molecule has 2 N–H and O–H groups in total. The van der Waals surface area contributed by atoms with Crippen molar-refractivity contribution in [2.24, 2.45) is 5.73 Å². The maximum atomic E-state index is 13.1. The van der Waals surface area contributed by atoms with E-state index in [1.54, 1.807) is 6.92 Å². The summed E-state index contributed by atoms with van der Waals surface area (Å²) >= 11 is 0. The van der Waals surface area contributed by atoms with Crippen molar-refractivity contribution in [3.8, 4) is 0 Å². The Bertz CT molecular complexity index is 579. The highest BCUT2D eigenvalue weighted by Gasteiger charge is 2.18. The molecule has 0 radical (unpaired) electrons. The van der Waals surface area contributed by atoms with Crippen LogP contribution in [-0.2, 0) is 4.79 Å². The van der Waals surface area contributed by atoms with E-state index in [1.807, 2.05) is 0 Å². The van der Waals surface area contributed by atoms with Crippen LogP contribution in [0.5, 0.6) is 0 Å². The number of rotatable bonds is 3. The maximum Gasteiger partial charge on any atom is 0.240 e. The van der Waals surface area contributed by atoms with Gasteiger partial charge < -0.3 is 10.3 Å². The standard InChI is InChI=1S/C11H11F2N3O/c1-2-9(11(14)17)16-5-15-8-3-6(12)7(13)4-10(8)16/h3-5,9H,2H2,1H3,(H2,14,17). The van der Waals surface area contributed by atoms with Crippen molar-refractivity contribution >= 4 is 16.9 Å². The highest BCUT2D eigenvalue weighted by Crippen LogP contribution is 2.22. The summed E-state index contributed by atoms with van der Waals surface area (Å²) in [5.74, 6) is -2.47. The van der Waals surface area contributed by atoms with E-state index >= 15 is 0 Å². The van der Waals surface area contributed by atoms with Gasteiger partial charge in [0.25, 0.3) is 0 Å². The van der Waals surface area contributed by atoms with Gasteiger partial charge in [-0.1, -0.05) is 6.92 Å². The summed E-state index contributed by atoms with van der Waals surface area (Å²) in [7, 11) is 0. The zero-order chi connectivity index (χ0) is 12.6. The summed E-state index contributed by atoms with van der Waals surface area (Å²) in [4.78, 5) is 15.2. The van der Waals surface area contributed by atoms with E-state index in [9.17, 15) is 13.6 Å². The molecule has 0 bridgehead atoms. The molecule has 17 heavy (non-hydrogen) atoms. The fraction of sp³-hybridized carbons (Fsp3) is 0.273. The fourth-order valence-electron chi connectivity index (χ4n) is 1.81. The van der Waals surface area contributed by atoms with Gasteiger partial charge in [-0.15, -0.1) is 0 Å². The molecule has 2 aromatic rings. The first kappa shape index (κ1) is 11.5. The number of halogens is 2. The highest BCUT2D eigenvalue weighted by molar-refractivity contribution is 5.82. The van der Waals surface area contributed by atoms with Crippen LogP contribution in [-0.4, -0.2) is 15.5 Å². The molecule has 4 nitrogen and oxygen atoms in total. The number of imidazole rings is 1. The Morgan fingerprint density at radius 2 is 2.12 bits per heavy atom. The van der Waals surface area contributed by atoms with Crippen molar-refractivity contribution in [3.63, 3.8) is 0 Å². The van der Waals surface area contributed by atoms with Crippen LogP contribution < -0.4 is 5.73 Å². The smallest absolute Gasteiger partial charge is 0.240 e. The quantitative estimate of drug-likeness (QED) is 0.886. The molecule has 90 valence electrons. The number of fused-ring (bicyclic) bond motifs is 1. The maximum absolute atomic E-state index is 13.1. The Hall–Kier alpha value is -1.98. The van der Waals surface area contributed by atoms with Gasteiger partial charge in [0.2, 0.25) is 5.91 Å². The molecule has 1 atom stereocenters. The number of benzene rings is 1. The van der Waals surface area contributed by atoms with E-state index < -0.39 is 23.6 Å². The van der Waals surface area contributed by atoms with Crippen LogP contribution in [0.2, 0.25) is 0 Å². The van der Waals surface area contributed by atoms with Crippen molar-refractivity contribution in [1.29, 1.82) is 0 Å². The topological polar surface area (TPSA) is 60.9 Å². The van der Waals surface area contributed by atoms with Crippen LogP contribution >= 0.6 is 0 Å². The van der Waals surface area contributed by atoms with Crippen LogP contribution in [0.4, 0.5) is 8.78 Å². The normalized spacial score (nSPS) is 12.9. The van der Waals surface area contributed by atoms with Gasteiger partial charge in [0.1, 0.15) is 6.04 Å². The van der Waals surface area contributed by atoms with Gasteiger partial charge in [0.05, 0.1) is 17.4 Å². The molecule has 0 saturated heterocycles. The summed E-state index contributed by atoms with van der Waals surface area (Å²) in [6.45, 7) is 1.78. The Kier molecular flexibility index (Phi) is 2.79. The minimum Gasteiger partial charge on any atom is -0.368 e.